The maximum atomic E-state index is 14.3. The third-order valence-electron chi connectivity index (χ3n) is 9.86. The van der Waals surface area contributed by atoms with Gasteiger partial charge in [-0.15, -0.1) is 0 Å². The standard InChI is InChI=1S/C29H36O9/c1-15-11-12-29(35)24(37-25(34)17-9-7-6-8-10-17)22-27(5,23(33)21(32)20(15)26(29,3)4)18(31)13-19-28(22,14-36-19)38-16(2)30/h6-10,18-19,21-22,24,31-32,35H,11-14H2,1-5H3/t18-,19?,21+,22?,24-,27+,28-,29+/m0/s1. The Balaban J connectivity index is 1.79. The summed E-state index contributed by atoms with van der Waals surface area (Å²) in [5.74, 6) is -3.23. The van der Waals surface area contributed by atoms with Crippen molar-refractivity contribution in [1.82, 2.24) is 0 Å². The summed E-state index contributed by atoms with van der Waals surface area (Å²) in [5.41, 5.74) is -4.85. The lowest BCUT2D eigenvalue weighted by Gasteiger charge is -2.67. The molecule has 206 valence electrons. The molecule has 1 aromatic carbocycles. The number of ether oxygens (including phenoxy) is 3. The van der Waals surface area contributed by atoms with E-state index in [0.717, 1.165) is 5.57 Å². The molecule has 38 heavy (non-hydrogen) atoms. The van der Waals surface area contributed by atoms with Gasteiger partial charge < -0.3 is 29.5 Å². The summed E-state index contributed by atoms with van der Waals surface area (Å²) in [6, 6.07) is 8.28. The number of hydrogen-bond donors (Lipinski definition) is 3. The normalized spacial score (nSPS) is 41.6. The van der Waals surface area contributed by atoms with E-state index in [2.05, 4.69) is 0 Å². The lowest BCUT2D eigenvalue weighted by Crippen LogP contribution is -2.81. The van der Waals surface area contributed by atoms with Crippen molar-refractivity contribution in [3.63, 3.8) is 0 Å². The number of carbonyl (C=O) groups excluding carboxylic acids is 3. The molecule has 0 spiro atoms. The van der Waals surface area contributed by atoms with E-state index in [9.17, 15) is 29.7 Å². The van der Waals surface area contributed by atoms with Gasteiger partial charge in [0.05, 0.1) is 29.6 Å². The Bertz CT molecular complexity index is 1210. The second kappa shape index (κ2) is 8.71. The predicted molar refractivity (Wildman–Crippen MR) is 134 cm³/mol. The van der Waals surface area contributed by atoms with E-state index in [-0.39, 0.29) is 25.0 Å². The minimum atomic E-state index is -1.79. The third-order valence-corrected chi connectivity index (χ3v) is 9.86. The van der Waals surface area contributed by atoms with Gasteiger partial charge in [0, 0.05) is 18.8 Å². The molecule has 1 saturated heterocycles. The summed E-state index contributed by atoms with van der Waals surface area (Å²) in [7, 11) is 0. The number of benzene rings is 1. The zero-order valence-electron chi connectivity index (χ0n) is 22.4. The molecular weight excluding hydrogens is 492 g/mol. The maximum absolute atomic E-state index is 14.3. The van der Waals surface area contributed by atoms with E-state index in [0.29, 0.717) is 12.0 Å². The summed E-state index contributed by atoms with van der Waals surface area (Å²) in [6.45, 7) is 7.89. The summed E-state index contributed by atoms with van der Waals surface area (Å²) in [6.07, 6.45) is -4.63. The highest BCUT2D eigenvalue weighted by Gasteiger charge is 2.77. The van der Waals surface area contributed by atoms with E-state index < -0.39 is 70.1 Å². The average molecular weight is 529 g/mol. The summed E-state index contributed by atoms with van der Waals surface area (Å²) in [4.78, 5) is 40.2. The predicted octanol–water partition coefficient (Wildman–Crippen LogP) is 2.11. The van der Waals surface area contributed by atoms with Crippen LogP contribution in [0.1, 0.15) is 64.2 Å². The largest absolute Gasteiger partial charge is 0.455 e. The van der Waals surface area contributed by atoms with Crippen LogP contribution in [0.15, 0.2) is 41.5 Å². The fourth-order valence-corrected chi connectivity index (χ4v) is 7.69. The molecule has 3 aliphatic carbocycles. The second-order valence-corrected chi connectivity index (χ2v) is 12.1. The molecule has 2 bridgehead atoms. The molecule has 3 N–H and O–H groups in total. The molecule has 2 unspecified atom stereocenters. The van der Waals surface area contributed by atoms with Crippen molar-refractivity contribution in [2.75, 3.05) is 6.61 Å². The first-order valence-electron chi connectivity index (χ1n) is 13.1. The molecular formula is C29H36O9. The van der Waals surface area contributed by atoms with Crippen LogP contribution in [0, 0.1) is 16.7 Å². The summed E-state index contributed by atoms with van der Waals surface area (Å²) in [5, 5.41) is 35.6. The lowest BCUT2D eigenvalue weighted by atomic mass is 9.45. The van der Waals surface area contributed by atoms with Crippen LogP contribution in [0.3, 0.4) is 0 Å². The van der Waals surface area contributed by atoms with Gasteiger partial charge in [-0.05, 0) is 44.4 Å². The first-order valence-corrected chi connectivity index (χ1v) is 13.1. The topological polar surface area (TPSA) is 140 Å². The smallest absolute Gasteiger partial charge is 0.338 e. The molecule has 4 aliphatic rings. The van der Waals surface area contributed by atoms with Crippen LogP contribution in [0.2, 0.25) is 0 Å². The van der Waals surface area contributed by atoms with Gasteiger partial charge in [-0.25, -0.2) is 4.79 Å². The number of fused-ring (bicyclic) bond motifs is 5. The average Bonchev–Trinajstić information content (AvgIpc) is 2.85. The highest BCUT2D eigenvalue weighted by atomic mass is 16.6. The van der Waals surface area contributed by atoms with Crippen molar-refractivity contribution in [3.05, 3.63) is 47.0 Å². The minimum Gasteiger partial charge on any atom is -0.455 e. The lowest BCUT2D eigenvalue weighted by molar-refractivity contribution is -0.345. The molecule has 9 nitrogen and oxygen atoms in total. The Morgan fingerprint density at radius 3 is 2.34 bits per heavy atom. The van der Waals surface area contributed by atoms with Crippen molar-refractivity contribution in [1.29, 1.82) is 0 Å². The Morgan fingerprint density at radius 2 is 1.76 bits per heavy atom. The number of esters is 2. The van der Waals surface area contributed by atoms with Crippen molar-refractivity contribution < 1.29 is 43.9 Å². The van der Waals surface area contributed by atoms with Gasteiger partial charge in [-0.3, -0.25) is 9.59 Å². The number of hydrogen-bond acceptors (Lipinski definition) is 9. The number of aliphatic hydroxyl groups is 3. The number of carbonyl (C=O) groups is 3. The number of Topliss-reactive ketones (excluding diaryl/α,β-unsaturated/α-hetero) is 1. The van der Waals surface area contributed by atoms with Gasteiger partial charge in [-0.1, -0.05) is 37.6 Å². The van der Waals surface area contributed by atoms with E-state index >= 15 is 0 Å². The number of ketones is 1. The SMILES string of the molecule is CC(=O)O[C@@]12COC1C[C@H](O)[C@@]1(C)C(=O)[C@H](O)C3=C(C)CC[C@@](O)([C@@H](OC(=O)c4ccccc4)C21)C3(C)C. The van der Waals surface area contributed by atoms with Gasteiger partial charge in [0.1, 0.15) is 23.9 Å². The van der Waals surface area contributed by atoms with Crippen LogP contribution >= 0.6 is 0 Å². The van der Waals surface area contributed by atoms with Crippen LogP contribution in [0.25, 0.3) is 0 Å². The van der Waals surface area contributed by atoms with Crippen LogP contribution in [0.4, 0.5) is 0 Å². The first kappa shape index (κ1) is 27.0. The maximum Gasteiger partial charge on any atom is 0.338 e. The number of aliphatic hydroxyl groups excluding tert-OH is 2. The van der Waals surface area contributed by atoms with E-state index in [1.165, 1.54) is 13.8 Å². The van der Waals surface area contributed by atoms with E-state index in [1.807, 2.05) is 6.92 Å². The molecule has 8 atom stereocenters. The van der Waals surface area contributed by atoms with Crippen LogP contribution in [-0.4, -0.2) is 75.3 Å². The highest BCUT2D eigenvalue weighted by molar-refractivity contribution is 5.94. The molecule has 3 fully saturated rings. The van der Waals surface area contributed by atoms with Crippen LogP contribution in [-0.2, 0) is 23.8 Å². The highest BCUT2D eigenvalue weighted by Crippen LogP contribution is 2.63. The fraction of sp³-hybridized carbons (Fsp3) is 0.621. The first-order chi connectivity index (χ1) is 17.7. The quantitative estimate of drug-likeness (QED) is 0.398. The number of rotatable bonds is 3. The molecule has 1 aromatic rings. The van der Waals surface area contributed by atoms with Crippen molar-refractivity contribution in [2.45, 2.75) is 89.5 Å². The molecule has 1 aliphatic heterocycles. The minimum absolute atomic E-state index is 0.0298. The van der Waals surface area contributed by atoms with Crippen molar-refractivity contribution in [2.24, 2.45) is 16.7 Å². The molecule has 2 saturated carbocycles. The molecule has 0 radical (unpaired) electrons. The summed E-state index contributed by atoms with van der Waals surface area (Å²) >= 11 is 0. The van der Waals surface area contributed by atoms with E-state index in [4.69, 9.17) is 14.2 Å². The van der Waals surface area contributed by atoms with Crippen molar-refractivity contribution in [3.8, 4) is 0 Å². The zero-order valence-corrected chi connectivity index (χ0v) is 22.4. The van der Waals surface area contributed by atoms with Gasteiger partial charge in [0.15, 0.2) is 11.4 Å². The molecule has 1 heterocycles. The zero-order chi connectivity index (χ0) is 27.8. The second-order valence-electron chi connectivity index (χ2n) is 12.1. The van der Waals surface area contributed by atoms with Crippen molar-refractivity contribution >= 4 is 17.7 Å². The van der Waals surface area contributed by atoms with Crippen LogP contribution < -0.4 is 0 Å². The monoisotopic (exact) mass is 528 g/mol. The fourth-order valence-electron chi connectivity index (χ4n) is 7.69. The van der Waals surface area contributed by atoms with Crippen LogP contribution in [0.5, 0.6) is 0 Å². The molecule has 0 amide bonds. The van der Waals surface area contributed by atoms with Gasteiger partial charge in [0.2, 0.25) is 0 Å². The summed E-state index contributed by atoms with van der Waals surface area (Å²) < 4.78 is 17.8. The van der Waals surface area contributed by atoms with Gasteiger partial charge in [-0.2, -0.15) is 0 Å². The van der Waals surface area contributed by atoms with Gasteiger partial charge >= 0.3 is 11.9 Å². The third kappa shape index (κ3) is 3.41. The Kier molecular flexibility index (Phi) is 6.19. The number of allylic oxidation sites excluding steroid dienone is 1. The molecule has 5 rings (SSSR count). The van der Waals surface area contributed by atoms with Gasteiger partial charge in [0.25, 0.3) is 0 Å². The van der Waals surface area contributed by atoms with E-state index in [1.54, 1.807) is 44.2 Å². The Hall–Kier alpha value is -2.59. The Morgan fingerprint density at radius 1 is 1.11 bits per heavy atom. The molecule has 9 heteroatoms. The molecule has 0 aromatic heterocycles. The Labute approximate surface area is 221 Å².